The van der Waals surface area contributed by atoms with Gasteiger partial charge < -0.3 is 14.8 Å². The van der Waals surface area contributed by atoms with Gasteiger partial charge in [0.1, 0.15) is 0 Å². The standard InChI is InChI=1S/C28H34N4S/c1-18-13-14-23(16-19(18)2)32-27(26(30-28(32)33)25-12-8-9-15-29-25)24-17-20(3)31(21(24)4)22-10-6-5-7-11-22/h8-9,12-17,22,26-27H,5-7,10-11H2,1-4H3,(H,30,33)/t26-,27+/m0/s1. The minimum Gasteiger partial charge on any atom is -0.351 e. The number of anilines is 1. The monoisotopic (exact) mass is 458 g/mol. The molecule has 0 spiro atoms. The van der Waals surface area contributed by atoms with Crippen LogP contribution in [0.4, 0.5) is 5.69 Å². The number of nitrogens with zero attached hydrogens (tertiary/aromatic N) is 3. The molecular weight excluding hydrogens is 424 g/mol. The highest BCUT2D eigenvalue weighted by atomic mass is 32.1. The summed E-state index contributed by atoms with van der Waals surface area (Å²) in [6.45, 7) is 8.89. The first-order valence-corrected chi connectivity index (χ1v) is 12.6. The number of nitrogens with one attached hydrogen (secondary N) is 1. The molecule has 2 aliphatic rings. The van der Waals surface area contributed by atoms with Crippen LogP contribution in [-0.2, 0) is 0 Å². The van der Waals surface area contributed by atoms with Crippen LogP contribution < -0.4 is 10.2 Å². The van der Waals surface area contributed by atoms with E-state index in [9.17, 15) is 0 Å². The van der Waals surface area contributed by atoms with Gasteiger partial charge in [-0.25, -0.2) is 0 Å². The zero-order chi connectivity index (χ0) is 23.1. The molecule has 3 aromatic rings. The van der Waals surface area contributed by atoms with E-state index in [-0.39, 0.29) is 12.1 Å². The van der Waals surface area contributed by atoms with Gasteiger partial charge in [0.25, 0.3) is 0 Å². The van der Waals surface area contributed by atoms with Crippen LogP contribution in [-0.4, -0.2) is 14.7 Å². The molecule has 1 aromatic carbocycles. The van der Waals surface area contributed by atoms with Gasteiger partial charge in [-0.15, -0.1) is 0 Å². The van der Waals surface area contributed by atoms with Crippen LogP contribution in [0.5, 0.6) is 0 Å². The van der Waals surface area contributed by atoms with E-state index in [1.165, 1.54) is 60.2 Å². The Labute approximate surface area is 203 Å². The number of rotatable bonds is 4. The Morgan fingerprint density at radius 3 is 2.42 bits per heavy atom. The predicted octanol–water partition coefficient (Wildman–Crippen LogP) is 6.80. The molecule has 4 nitrogen and oxygen atoms in total. The van der Waals surface area contributed by atoms with E-state index >= 15 is 0 Å². The first-order chi connectivity index (χ1) is 16.0. The molecule has 0 radical (unpaired) electrons. The third-order valence-corrected chi connectivity index (χ3v) is 7.96. The Hall–Kier alpha value is -2.66. The molecule has 1 saturated heterocycles. The van der Waals surface area contributed by atoms with E-state index in [0.717, 1.165) is 16.5 Å². The number of benzene rings is 1. The topological polar surface area (TPSA) is 33.1 Å². The SMILES string of the molecule is Cc1ccc(N2C(=S)N[C@@H](c3ccccn3)[C@H]2c2cc(C)n(C3CCCCC3)c2C)cc1C. The molecule has 1 aliphatic carbocycles. The van der Waals surface area contributed by atoms with Crippen molar-refractivity contribution in [2.45, 2.75) is 77.9 Å². The summed E-state index contributed by atoms with van der Waals surface area (Å²) >= 11 is 5.94. The maximum atomic E-state index is 5.94. The molecule has 0 unspecified atom stereocenters. The molecule has 0 amide bonds. The summed E-state index contributed by atoms with van der Waals surface area (Å²) in [6.07, 6.45) is 8.46. The Morgan fingerprint density at radius 2 is 1.73 bits per heavy atom. The molecule has 3 heterocycles. The summed E-state index contributed by atoms with van der Waals surface area (Å²) in [4.78, 5) is 7.04. The highest BCUT2D eigenvalue weighted by molar-refractivity contribution is 7.80. The Bertz CT molecular complexity index is 1160. The molecule has 2 aromatic heterocycles. The summed E-state index contributed by atoms with van der Waals surface area (Å²) in [5.41, 5.74) is 8.81. The Balaban J connectivity index is 1.64. The van der Waals surface area contributed by atoms with E-state index < -0.39 is 0 Å². The summed E-state index contributed by atoms with van der Waals surface area (Å²) < 4.78 is 2.60. The van der Waals surface area contributed by atoms with Crippen LogP contribution in [0.15, 0.2) is 48.7 Å². The Kier molecular flexibility index (Phi) is 6.00. The van der Waals surface area contributed by atoms with Crippen molar-refractivity contribution < 1.29 is 0 Å². The lowest BCUT2D eigenvalue weighted by Gasteiger charge is -2.30. The lowest BCUT2D eigenvalue weighted by atomic mass is 9.94. The van der Waals surface area contributed by atoms with Crippen molar-refractivity contribution in [3.63, 3.8) is 0 Å². The zero-order valence-electron chi connectivity index (χ0n) is 20.1. The second-order valence-corrected chi connectivity index (χ2v) is 10.1. The molecule has 0 bridgehead atoms. The van der Waals surface area contributed by atoms with Crippen molar-refractivity contribution >= 4 is 23.0 Å². The highest BCUT2D eigenvalue weighted by Gasteiger charge is 2.42. The zero-order valence-corrected chi connectivity index (χ0v) is 21.0. The lowest BCUT2D eigenvalue weighted by Crippen LogP contribution is -2.29. The molecule has 172 valence electrons. The van der Waals surface area contributed by atoms with Gasteiger partial charge in [-0.1, -0.05) is 31.4 Å². The van der Waals surface area contributed by atoms with E-state index in [2.05, 4.69) is 78.9 Å². The molecule has 5 rings (SSSR count). The van der Waals surface area contributed by atoms with Crippen LogP contribution in [0, 0.1) is 27.7 Å². The van der Waals surface area contributed by atoms with Crippen LogP contribution in [0.1, 0.15) is 84.0 Å². The van der Waals surface area contributed by atoms with E-state index in [0.29, 0.717) is 6.04 Å². The minimum atomic E-state index is 0.000569. The van der Waals surface area contributed by atoms with Crippen molar-refractivity contribution in [2.24, 2.45) is 0 Å². The van der Waals surface area contributed by atoms with E-state index in [4.69, 9.17) is 17.2 Å². The van der Waals surface area contributed by atoms with Crippen molar-refractivity contribution in [3.8, 4) is 0 Å². The molecule has 1 N–H and O–H groups in total. The van der Waals surface area contributed by atoms with Crippen molar-refractivity contribution in [3.05, 3.63) is 82.4 Å². The number of pyridine rings is 1. The van der Waals surface area contributed by atoms with Crippen LogP contribution in [0.25, 0.3) is 0 Å². The average molecular weight is 459 g/mol. The number of aryl methyl sites for hydroxylation is 3. The Morgan fingerprint density at radius 1 is 0.939 bits per heavy atom. The predicted molar refractivity (Wildman–Crippen MR) is 140 cm³/mol. The van der Waals surface area contributed by atoms with Gasteiger partial charge in [0.2, 0.25) is 0 Å². The van der Waals surface area contributed by atoms with Crippen molar-refractivity contribution in [1.29, 1.82) is 0 Å². The number of aromatic nitrogens is 2. The van der Waals surface area contributed by atoms with Crippen molar-refractivity contribution in [2.75, 3.05) is 4.90 Å². The van der Waals surface area contributed by atoms with Gasteiger partial charge >= 0.3 is 0 Å². The van der Waals surface area contributed by atoms with Gasteiger partial charge in [-0.05, 0) is 99.8 Å². The normalized spacial score (nSPS) is 21.5. The summed E-state index contributed by atoms with van der Waals surface area (Å²) in [5.74, 6) is 0. The molecule has 1 saturated carbocycles. The summed E-state index contributed by atoms with van der Waals surface area (Å²) in [6, 6.07) is 15.9. The molecule has 33 heavy (non-hydrogen) atoms. The fraction of sp³-hybridized carbons (Fsp3) is 0.429. The highest BCUT2D eigenvalue weighted by Crippen LogP contribution is 2.44. The van der Waals surface area contributed by atoms with Crippen LogP contribution in [0.3, 0.4) is 0 Å². The molecular formula is C28H34N4S. The lowest BCUT2D eigenvalue weighted by molar-refractivity contribution is 0.345. The van der Waals surface area contributed by atoms with Gasteiger partial charge in [-0.3, -0.25) is 4.98 Å². The van der Waals surface area contributed by atoms with Gasteiger partial charge in [0.15, 0.2) is 5.11 Å². The van der Waals surface area contributed by atoms with Gasteiger partial charge in [0, 0.05) is 29.3 Å². The first-order valence-electron chi connectivity index (χ1n) is 12.2. The quantitative estimate of drug-likeness (QED) is 0.436. The summed E-state index contributed by atoms with van der Waals surface area (Å²) in [7, 11) is 0. The van der Waals surface area contributed by atoms with Gasteiger partial charge in [0.05, 0.1) is 17.8 Å². The first kappa shape index (κ1) is 22.1. The molecule has 2 fully saturated rings. The van der Waals surface area contributed by atoms with Crippen molar-refractivity contribution in [1.82, 2.24) is 14.9 Å². The van der Waals surface area contributed by atoms with Crippen LogP contribution >= 0.6 is 12.2 Å². The fourth-order valence-electron chi connectivity index (χ4n) is 5.83. The molecule has 2 atom stereocenters. The fourth-order valence-corrected chi connectivity index (χ4v) is 6.17. The number of hydrogen-bond donors (Lipinski definition) is 1. The third-order valence-electron chi connectivity index (χ3n) is 7.65. The minimum absolute atomic E-state index is 0.000569. The number of thiocarbonyl (C=S) groups is 1. The third kappa shape index (κ3) is 3.97. The number of hydrogen-bond acceptors (Lipinski definition) is 2. The molecule has 5 heteroatoms. The van der Waals surface area contributed by atoms with Gasteiger partial charge in [-0.2, -0.15) is 0 Å². The van der Waals surface area contributed by atoms with E-state index in [1.807, 2.05) is 12.3 Å². The van der Waals surface area contributed by atoms with Crippen LogP contribution in [0.2, 0.25) is 0 Å². The second kappa shape index (κ2) is 8.94. The maximum Gasteiger partial charge on any atom is 0.174 e. The second-order valence-electron chi connectivity index (χ2n) is 9.75. The largest absolute Gasteiger partial charge is 0.351 e. The average Bonchev–Trinajstić information content (AvgIpc) is 3.32. The van der Waals surface area contributed by atoms with E-state index in [1.54, 1.807) is 0 Å². The maximum absolute atomic E-state index is 5.94. The molecule has 1 aliphatic heterocycles. The smallest absolute Gasteiger partial charge is 0.174 e. The summed E-state index contributed by atoms with van der Waals surface area (Å²) in [5, 5.41) is 4.39.